The Morgan fingerprint density at radius 1 is 1.48 bits per heavy atom. The maximum absolute atomic E-state index is 12.1. The number of imidazole rings is 1. The normalized spacial score (nSPS) is 14.8. The number of carbonyl (C=O) groups excluding carboxylic acids is 1. The van der Waals surface area contributed by atoms with Crippen LogP contribution in [-0.2, 0) is 7.05 Å². The van der Waals surface area contributed by atoms with Gasteiger partial charge in [-0.05, 0) is 30.9 Å². The minimum atomic E-state index is -0.170. The van der Waals surface area contributed by atoms with Crippen LogP contribution in [0.25, 0.3) is 0 Å². The van der Waals surface area contributed by atoms with E-state index in [1.165, 1.54) is 0 Å². The van der Waals surface area contributed by atoms with Crippen LogP contribution in [0.4, 0.5) is 5.69 Å². The highest BCUT2D eigenvalue weighted by Gasteiger charge is 2.31. The molecule has 0 radical (unpaired) electrons. The number of aromatic nitrogens is 3. The minimum Gasteiger partial charge on any atom is -0.379 e. The van der Waals surface area contributed by atoms with Gasteiger partial charge in [-0.15, -0.1) is 0 Å². The molecule has 1 amide bonds. The van der Waals surface area contributed by atoms with Crippen LogP contribution >= 0.6 is 0 Å². The van der Waals surface area contributed by atoms with Gasteiger partial charge in [-0.2, -0.15) is 5.26 Å². The van der Waals surface area contributed by atoms with Crippen molar-refractivity contribution >= 4 is 11.6 Å². The molecule has 1 aliphatic carbocycles. The van der Waals surface area contributed by atoms with Crippen LogP contribution in [0.15, 0.2) is 30.9 Å². The van der Waals surface area contributed by atoms with Gasteiger partial charge in [-0.25, -0.2) is 9.97 Å². The Bertz CT molecular complexity index is 726. The van der Waals surface area contributed by atoms with Gasteiger partial charge in [0, 0.05) is 25.8 Å². The summed E-state index contributed by atoms with van der Waals surface area (Å²) >= 11 is 0. The third-order valence-electron chi connectivity index (χ3n) is 3.84. The SMILES string of the molecule is Cn1cnc(C(=O)NCC(Nc2ccc(C#N)nc2)C2CC2)c1. The van der Waals surface area contributed by atoms with E-state index in [0.29, 0.717) is 23.9 Å². The molecular weight excluding hydrogens is 292 g/mol. The predicted octanol–water partition coefficient (Wildman–Crippen LogP) is 1.31. The van der Waals surface area contributed by atoms with Crippen LogP contribution in [0.3, 0.4) is 0 Å². The van der Waals surface area contributed by atoms with Crippen LogP contribution in [0.5, 0.6) is 0 Å². The first-order chi connectivity index (χ1) is 11.2. The van der Waals surface area contributed by atoms with Crippen LogP contribution in [0.1, 0.15) is 29.0 Å². The van der Waals surface area contributed by atoms with Crippen LogP contribution in [-0.4, -0.2) is 33.0 Å². The van der Waals surface area contributed by atoms with Gasteiger partial charge in [-0.1, -0.05) is 0 Å². The molecule has 0 saturated heterocycles. The first-order valence-electron chi connectivity index (χ1n) is 7.54. The molecule has 0 aromatic carbocycles. The van der Waals surface area contributed by atoms with Crippen molar-refractivity contribution in [1.82, 2.24) is 19.9 Å². The van der Waals surface area contributed by atoms with E-state index in [0.717, 1.165) is 18.5 Å². The molecule has 7 heteroatoms. The van der Waals surface area contributed by atoms with Gasteiger partial charge >= 0.3 is 0 Å². The molecule has 2 heterocycles. The highest BCUT2D eigenvalue weighted by Crippen LogP contribution is 2.34. The molecule has 0 aliphatic heterocycles. The standard InChI is InChI=1S/C16H18N6O/c1-22-9-15(20-10-22)16(23)19-8-14(11-2-3-11)21-13-5-4-12(6-17)18-7-13/h4-5,7,9-11,14,21H,2-3,8H2,1H3,(H,19,23). The van der Waals surface area contributed by atoms with E-state index >= 15 is 0 Å². The van der Waals surface area contributed by atoms with E-state index in [1.807, 2.05) is 19.2 Å². The second-order valence-corrected chi connectivity index (χ2v) is 5.77. The zero-order valence-corrected chi connectivity index (χ0v) is 12.9. The lowest BCUT2D eigenvalue weighted by Crippen LogP contribution is -2.38. The maximum Gasteiger partial charge on any atom is 0.271 e. The number of carbonyl (C=O) groups is 1. The summed E-state index contributed by atoms with van der Waals surface area (Å²) in [6.45, 7) is 0.528. The van der Waals surface area contributed by atoms with Gasteiger partial charge in [0.05, 0.1) is 18.2 Å². The number of hydrogen-bond acceptors (Lipinski definition) is 5. The molecule has 1 fully saturated rings. The summed E-state index contributed by atoms with van der Waals surface area (Å²) in [5.74, 6) is 0.380. The zero-order valence-electron chi connectivity index (χ0n) is 12.9. The van der Waals surface area contributed by atoms with E-state index in [4.69, 9.17) is 5.26 Å². The second kappa shape index (κ2) is 6.48. The quantitative estimate of drug-likeness (QED) is 0.838. The number of anilines is 1. The maximum atomic E-state index is 12.1. The lowest BCUT2D eigenvalue weighted by molar-refractivity contribution is 0.0946. The van der Waals surface area contributed by atoms with Crippen molar-refractivity contribution in [3.05, 3.63) is 42.2 Å². The molecule has 1 atom stereocenters. The first kappa shape index (κ1) is 15.0. The molecule has 1 unspecified atom stereocenters. The van der Waals surface area contributed by atoms with E-state index in [-0.39, 0.29) is 11.9 Å². The number of aryl methyl sites for hydroxylation is 1. The highest BCUT2D eigenvalue weighted by molar-refractivity contribution is 5.92. The van der Waals surface area contributed by atoms with Crippen molar-refractivity contribution in [1.29, 1.82) is 5.26 Å². The van der Waals surface area contributed by atoms with E-state index < -0.39 is 0 Å². The summed E-state index contributed by atoms with van der Waals surface area (Å²) in [5.41, 5.74) is 1.66. The van der Waals surface area contributed by atoms with E-state index in [1.54, 1.807) is 29.4 Å². The average molecular weight is 310 g/mol. The van der Waals surface area contributed by atoms with E-state index in [2.05, 4.69) is 20.6 Å². The topological polar surface area (TPSA) is 95.6 Å². The summed E-state index contributed by atoms with van der Waals surface area (Å²) in [6.07, 6.45) is 7.25. The summed E-state index contributed by atoms with van der Waals surface area (Å²) in [7, 11) is 1.83. The second-order valence-electron chi connectivity index (χ2n) is 5.77. The van der Waals surface area contributed by atoms with Crippen LogP contribution in [0.2, 0.25) is 0 Å². The molecule has 2 aromatic heterocycles. The van der Waals surface area contributed by atoms with Crippen molar-refractivity contribution in [3.63, 3.8) is 0 Å². The number of rotatable bonds is 6. The Morgan fingerprint density at radius 2 is 2.30 bits per heavy atom. The van der Waals surface area contributed by atoms with Crippen molar-refractivity contribution in [2.24, 2.45) is 13.0 Å². The van der Waals surface area contributed by atoms with Crippen molar-refractivity contribution < 1.29 is 4.79 Å². The van der Waals surface area contributed by atoms with Crippen LogP contribution < -0.4 is 10.6 Å². The molecule has 2 aromatic rings. The fourth-order valence-electron chi connectivity index (χ4n) is 2.42. The van der Waals surface area contributed by atoms with Crippen molar-refractivity contribution in [2.45, 2.75) is 18.9 Å². The molecule has 118 valence electrons. The number of nitriles is 1. The summed E-state index contributed by atoms with van der Waals surface area (Å²) in [5, 5.41) is 15.1. The Balaban J connectivity index is 1.58. The highest BCUT2D eigenvalue weighted by atomic mass is 16.1. The number of pyridine rings is 1. The zero-order chi connectivity index (χ0) is 16.2. The van der Waals surface area contributed by atoms with Gasteiger partial charge in [-0.3, -0.25) is 4.79 Å². The smallest absolute Gasteiger partial charge is 0.271 e. The number of amides is 1. The van der Waals surface area contributed by atoms with Crippen LogP contribution in [0, 0.1) is 17.2 Å². The Morgan fingerprint density at radius 3 is 2.87 bits per heavy atom. The third kappa shape index (κ3) is 3.86. The lowest BCUT2D eigenvalue weighted by atomic mass is 10.1. The molecular formula is C16H18N6O. The van der Waals surface area contributed by atoms with Gasteiger partial charge in [0.2, 0.25) is 0 Å². The molecule has 7 nitrogen and oxygen atoms in total. The van der Waals surface area contributed by atoms with E-state index in [9.17, 15) is 4.79 Å². The Kier molecular flexibility index (Phi) is 4.24. The predicted molar refractivity (Wildman–Crippen MR) is 84.6 cm³/mol. The van der Waals surface area contributed by atoms with Crippen molar-refractivity contribution in [3.8, 4) is 6.07 Å². The minimum absolute atomic E-state index is 0.150. The van der Waals surface area contributed by atoms with Gasteiger partial charge in [0.15, 0.2) is 0 Å². The van der Waals surface area contributed by atoms with Crippen molar-refractivity contribution in [2.75, 3.05) is 11.9 Å². The Hall–Kier alpha value is -2.88. The first-order valence-corrected chi connectivity index (χ1v) is 7.54. The summed E-state index contributed by atoms with van der Waals surface area (Å²) < 4.78 is 1.74. The largest absolute Gasteiger partial charge is 0.379 e. The Labute approximate surface area is 134 Å². The molecule has 2 N–H and O–H groups in total. The van der Waals surface area contributed by atoms with Gasteiger partial charge in [0.1, 0.15) is 17.5 Å². The van der Waals surface area contributed by atoms with Gasteiger partial charge < -0.3 is 15.2 Å². The monoisotopic (exact) mass is 310 g/mol. The molecule has 0 spiro atoms. The third-order valence-corrected chi connectivity index (χ3v) is 3.84. The number of nitrogens with one attached hydrogen (secondary N) is 2. The number of nitrogens with zero attached hydrogens (tertiary/aromatic N) is 4. The van der Waals surface area contributed by atoms with Gasteiger partial charge in [0.25, 0.3) is 5.91 Å². The lowest BCUT2D eigenvalue weighted by Gasteiger charge is -2.19. The molecule has 23 heavy (non-hydrogen) atoms. The average Bonchev–Trinajstić information content (AvgIpc) is 3.32. The molecule has 0 bridgehead atoms. The molecule has 1 aliphatic rings. The molecule has 3 rings (SSSR count). The fraction of sp³-hybridized carbons (Fsp3) is 0.375. The number of hydrogen-bond donors (Lipinski definition) is 2. The fourth-order valence-corrected chi connectivity index (χ4v) is 2.42. The summed E-state index contributed by atoms with van der Waals surface area (Å²) in [6, 6.07) is 5.66. The molecule has 1 saturated carbocycles. The summed E-state index contributed by atoms with van der Waals surface area (Å²) in [4.78, 5) is 20.2.